The van der Waals surface area contributed by atoms with Gasteiger partial charge in [-0.05, 0) is 6.92 Å². The number of piperazine rings is 1. The smallest absolute Gasteiger partial charge is 0.329 e. The number of aryl methyl sites for hydroxylation is 1. The van der Waals surface area contributed by atoms with Gasteiger partial charge in [-0.2, -0.15) is 23.3 Å². The average molecular weight is 402 g/mol. The van der Waals surface area contributed by atoms with E-state index in [2.05, 4.69) is 10.4 Å². The second kappa shape index (κ2) is 7.80. The molecule has 12 heteroatoms. The van der Waals surface area contributed by atoms with Crippen molar-refractivity contribution in [1.29, 1.82) is 0 Å². The molecule has 3 heterocycles. The first-order chi connectivity index (χ1) is 13.3. The summed E-state index contributed by atoms with van der Waals surface area (Å²) in [6, 6.07) is 0. The highest BCUT2D eigenvalue weighted by atomic mass is 19.4. The van der Waals surface area contributed by atoms with E-state index in [0.717, 1.165) is 9.75 Å². The highest BCUT2D eigenvalue weighted by Crippen LogP contribution is 2.38. The molecule has 1 aromatic heterocycles. The third-order valence-corrected chi connectivity index (χ3v) is 4.53. The van der Waals surface area contributed by atoms with Crippen molar-refractivity contribution in [1.82, 2.24) is 20.0 Å². The van der Waals surface area contributed by atoms with Crippen LogP contribution in [0.3, 0.4) is 0 Å². The summed E-state index contributed by atoms with van der Waals surface area (Å²) in [6.45, 7) is 4.27. The lowest BCUT2D eigenvalue weighted by molar-refractivity contribution is -0.203. The van der Waals surface area contributed by atoms with E-state index in [-0.39, 0.29) is 17.9 Å². The zero-order valence-electron chi connectivity index (χ0n) is 15.4. The van der Waals surface area contributed by atoms with Crippen LogP contribution in [0.2, 0.25) is 0 Å². The maximum atomic E-state index is 12.9. The molecule has 1 fully saturated rings. The van der Waals surface area contributed by atoms with Gasteiger partial charge in [0.15, 0.2) is 6.29 Å². The van der Waals surface area contributed by atoms with Gasteiger partial charge in [0.25, 0.3) is 5.56 Å². The van der Waals surface area contributed by atoms with E-state index in [1.807, 2.05) is 4.90 Å². The van der Waals surface area contributed by atoms with Crippen LogP contribution in [-0.4, -0.2) is 65.8 Å². The van der Waals surface area contributed by atoms with Crippen molar-refractivity contribution in [2.24, 2.45) is 7.05 Å². The number of fused-ring (bicyclic) bond motifs is 1. The van der Waals surface area contributed by atoms with Crippen LogP contribution in [0.5, 0.6) is 0 Å². The minimum atomic E-state index is -5.17. The monoisotopic (exact) mass is 402 g/mol. The largest absolute Gasteiger partial charge is 0.493 e. The van der Waals surface area contributed by atoms with E-state index in [9.17, 15) is 22.8 Å². The number of halogens is 3. The van der Waals surface area contributed by atoms with Crippen LogP contribution >= 0.6 is 0 Å². The number of anilines is 2. The summed E-state index contributed by atoms with van der Waals surface area (Å²) in [4.78, 5) is 32.5. The number of hydrogen-bond donors (Lipinski definition) is 1. The number of hydroxylamine groups is 1. The van der Waals surface area contributed by atoms with E-state index in [1.54, 1.807) is 24.0 Å². The molecule has 28 heavy (non-hydrogen) atoms. The van der Waals surface area contributed by atoms with E-state index < -0.39 is 24.0 Å². The fourth-order valence-corrected chi connectivity index (χ4v) is 3.22. The molecule has 0 radical (unpaired) electrons. The zero-order valence-corrected chi connectivity index (χ0v) is 15.4. The average Bonchev–Trinajstić information content (AvgIpc) is 2.96. The van der Waals surface area contributed by atoms with Gasteiger partial charge in [0.05, 0.1) is 6.20 Å². The number of allylic oxidation sites excluding steroid dienone is 1. The second-order valence-corrected chi connectivity index (χ2v) is 6.36. The van der Waals surface area contributed by atoms with Gasteiger partial charge in [0.1, 0.15) is 11.4 Å². The van der Waals surface area contributed by atoms with E-state index in [0.29, 0.717) is 26.2 Å². The molecule has 9 nitrogen and oxygen atoms in total. The standard InChI is InChI=1S/C16H21F3N6O3/c1-3-4-7-24-12-11(10-21-22(2)13(12)26)25(28-14(27)16(17,18)19)15(24)23-8-5-20-6-9-23/h3-4,10,15,20H,5-9H2,1-2H3. The highest BCUT2D eigenvalue weighted by molar-refractivity contribution is 5.80. The zero-order chi connectivity index (χ0) is 20.5. The summed E-state index contributed by atoms with van der Waals surface area (Å²) in [5.74, 6) is -2.35. The summed E-state index contributed by atoms with van der Waals surface area (Å²) in [5, 5.41) is 7.88. The van der Waals surface area contributed by atoms with Crippen LogP contribution in [-0.2, 0) is 16.7 Å². The van der Waals surface area contributed by atoms with Gasteiger partial charge in [-0.15, -0.1) is 0 Å². The molecular weight excluding hydrogens is 381 g/mol. The predicted octanol–water partition coefficient (Wildman–Crippen LogP) is 0.192. The Bertz CT molecular complexity index is 819. The first-order valence-corrected chi connectivity index (χ1v) is 8.73. The number of nitrogens with zero attached hydrogens (tertiary/aromatic N) is 5. The Hall–Kier alpha value is -2.60. The topological polar surface area (TPSA) is 82.9 Å². The molecule has 2 aliphatic rings. The first kappa shape index (κ1) is 20.1. The third-order valence-electron chi connectivity index (χ3n) is 4.53. The number of carbonyl (C=O) groups is 1. The molecule has 0 bridgehead atoms. The number of nitrogens with one attached hydrogen (secondary N) is 1. The molecule has 0 saturated carbocycles. The van der Waals surface area contributed by atoms with E-state index >= 15 is 0 Å². The first-order valence-electron chi connectivity index (χ1n) is 8.73. The lowest BCUT2D eigenvalue weighted by atomic mass is 10.3. The molecular formula is C16H21F3N6O3. The van der Waals surface area contributed by atoms with Crippen molar-refractivity contribution < 1.29 is 22.8 Å². The van der Waals surface area contributed by atoms with Crippen LogP contribution in [0.15, 0.2) is 23.1 Å². The van der Waals surface area contributed by atoms with Crippen LogP contribution in [0.4, 0.5) is 24.5 Å². The van der Waals surface area contributed by atoms with Crippen molar-refractivity contribution >= 4 is 17.3 Å². The summed E-state index contributed by atoms with van der Waals surface area (Å²) < 4.78 is 39.7. The lowest BCUT2D eigenvalue weighted by Gasteiger charge is -2.40. The molecule has 3 rings (SSSR count). The van der Waals surface area contributed by atoms with Gasteiger partial charge >= 0.3 is 12.1 Å². The van der Waals surface area contributed by atoms with Crippen molar-refractivity contribution in [3.8, 4) is 0 Å². The predicted molar refractivity (Wildman–Crippen MR) is 94.5 cm³/mol. The van der Waals surface area contributed by atoms with Gasteiger partial charge in [-0.1, -0.05) is 12.2 Å². The Morgan fingerprint density at radius 2 is 2.07 bits per heavy atom. The Morgan fingerprint density at radius 1 is 1.39 bits per heavy atom. The number of carbonyl (C=O) groups excluding carboxylic acids is 1. The molecule has 0 aliphatic carbocycles. The Kier molecular flexibility index (Phi) is 5.61. The molecule has 1 aromatic rings. The molecule has 0 aromatic carbocycles. The van der Waals surface area contributed by atoms with Crippen molar-refractivity contribution in [2.75, 3.05) is 42.7 Å². The lowest BCUT2D eigenvalue weighted by Crippen LogP contribution is -2.61. The molecule has 2 aliphatic heterocycles. The molecule has 1 atom stereocenters. The van der Waals surface area contributed by atoms with Crippen LogP contribution < -0.4 is 20.8 Å². The number of rotatable bonds is 4. The SMILES string of the molecule is CC=CCN1c2c(cnn(C)c2=O)N(OC(=O)C(F)(F)F)C1N1CCNCC1. The van der Waals surface area contributed by atoms with Crippen LogP contribution in [0.1, 0.15) is 6.92 Å². The summed E-state index contributed by atoms with van der Waals surface area (Å²) in [7, 11) is 1.45. The maximum absolute atomic E-state index is 12.9. The van der Waals surface area contributed by atoms with E-state index in [1.165, 1.54) is 13.2 Å². The van der Waals surface area contributed by atoms with Gasteiger partial charge in [-0.25, -0.2) is 9.48 Å². The minimum Gasteiger partial charge on any atom is -0.329 e. The Labute approximate surface area is 158 Å². The molecule has 1 N–H and O–H groups in total. The third kappa shape index (κ3) is 3.69. The normalized spacial score (nSPS) is 20.7. The number of hydrogen-bond acceptors (Lipinski definition) is 8. The van der Waals surface area contributed by atoms with Crippen LogP contribution in [0, 0.1) is 0 Å². The van der Waals surface area contributed by atoms with Crippen LogP contribution in [0.25, 0.3) is 0 Å². The molecule has 1 unspecified atom stereocenters. The quantitative estimate of drug-likeness (QED) is 0.715. The minimum absolute atomic E-state index is 0.0220. The van der Waals surface area contributed by atoms with Gasteiger partial charge < -0.3 is 15.1 Å². The van der Waals surface area contributed by atoms with Gasteiger partial charge in [0, 0.05) is 39.8 Å². The summed E-state index contributed by atoms with van der Waals surface area (Å²) >= 11 is 0. The maximum Gasteiger partial charge on any atom is 0.493 e. The fourth-order valence-electron chi connectivity index (χ4n) is 3.22. The number of alkyl halides is 3. The van der Waals surface area contributed by atoms with Gasteiger partial charge in [0.2, 0.25) is 0 Å². The number of aromatic nitrogens is 2. The summed E-state index contributed by atoms with van der Waals surface area (Å²) in [5.41, 5.74) is -0.337. The Morgan fingerprint density at radius 3 is 2.68 bits per heavy atom. The van der Waals surface area contributed by atoms with Crippen molar-refractivity contribution in [3.05, 3.63) is 28.7 Å². The fraction of sp³-hybridized carbons (Fsp3) is 0.562. The Balaban J connectivity index is 2.09. The second-order valence-electron chi connectivity index (χ2n) is 6.36. The van der Waals surface area contributed by atoms with Gasteiger partial charge in [-0.3, -0.25) is 9.69 Å². The van der Waals surface area contributed by atoms with Crippen molar-refractivity contribution in [3.63, 3.8) is 0 Å². The van der Waals surface area contributed by atoms with E-state index in [4.69, 9.17) is 4.84 Å². The molecule has 1 saturated heterocycles. The summed E-state index contributed by atoms with van der Waals surface area (Å²) in [6.07, 6.45) is -1.29. The highest BCUT2D eigenvalue weighted by Gasteiger charge is 2.49. The molecule has 154 valence electrons. The molecule has 0 amide bonds. The molecule has 0 spiro atoms. The van der Waals surface area contributed by atoms with Crippen molar-refractivity contribution in [2.45, 2.75) is 19.4 Å².